The van der Waals surface area contributed by atoms with E-state index in [1.54, 1.807) is 0 Å². The zero-order valence-corrected chi connectivity index (χ0v) is 11.1. The average molecular weight is 230 g/mol. The molecule has 1 aromatic carbocycles. The third-order valence-corrected chi connectivity index (χ3v) is 1.50. The minimum atomic E-state index is 0. The van der Waals surface area contributed by atoms with Crippen LogP contribution in [0.5, 0.6) is 0 Å². The molecule has 0 spiro atoms. The molecule has 1 rings (SSSR count). The maximum absolute atomic E-state index is 8.25. The van der Waals surface area contributed by atoms with E-state index in [0.717, 1.165) is 25.2 Å². The number of hydrogen-bond acceptors (Lipinski definition) is 3. The molecule has 4 heteroatoms. The number of benzene rings is 1. The van der Waals surface area contributed by atoms with Gasteiger partial charge in [0.1, 0.15) is 6.54 Å². The quantitative estimate of drug-likeness (QED) is 0.732. The molecule has 0 aliphatic heterocycles. The second-order valence-corrected chi connectivity index (χ2v) is 3.93. The van der Waals surface area contributed by atoms with Crippen LogP contribution in [0, 0.1) is 0 Å². The molecule has 0 unspecified atom stereocenters. The molecule has 0 amide bonds. The number of quaternary nitrogens is 1. The third-order valence-electron chi connectivity index (χ3n) is 1.50. The molecule has 0 radical (unpaired) electrons. The topological polar surface area (TPSA) is 78.3 Å². The lowest BCUT2D eigenvalue weighted by atomic mass is 10.2. The number of aliphatic hydroxyl groups excluding tert-OH is 1. The first kappa shape index (κ1) is 20.5. The highest BCUT2D eigenvalue weighted by atomic mass is 16.2. The highest BCUT2D eigenvalue weighted by Gasteiger charge is 2.06. The summed E-state index contributed by atoms with van der Waals surface area (Å²) in [6.07, 6.45) is 0. The zero-order chi connectivity index (χ0) is 12.3. The van der Waals surface area contributed by atoms with E-state index in [1.807, 2.05) is 0 Å². The van der Waals surface area contributed by atoms with Crippen LogP contribution in [-0.2, 0) is 6.54 Å². The highest BCUT2D eigenvalue weighted by Crippen LogP contribution is 2.04. The first-order valence-electron chi connectivity index (χ1n) is 4.78. The largest absolute Gasteiger partial charge is 0.857 e. The summed E-state index contributed by atoms with van der Waals surface area (Å²) in [4.78, 5) is 0. The molecule has 0 aromatic heterocycles. The van der Waals surface area contributed by atoms with Crippen LogP contribution in [0.15, 0.2) is 30.3 Å². The van der Waals surface area contributed by atoms with Gasteiger partial charge in [-0.2, -0.15) is 7.11 Å². The fraction of sp³-hybridized carbons (Fsp3) is 0.500. The van der Waals surface area contributed by atoms with Crippen LogP contribution in [0.4, 0.5) is 0 Å². The van der Waals surface area contributed by atoms with E-state index in [2.05, 4.69) is 51.5 Å². The second kappa shape index (κ2) is 12.1. The van der Waals surface area contributed by atoms with Crippen molar-refractivity contribution in [2.24, 2.45) is 0 Å². The number of nitrogens with zero attached hydrogens (tertiary/aromatic N) is 1. The monoisotopic (exact) mass is 230 g/mol. The minimum Gasteiger partial charge on any atom is -0.857 e. The van der Waals surface area contributed by atoms with Crippen LogP contribution in [0.1, 0.15) is 5.56 Å². The van der Waals surface area contributed by atoms with Crippen LogP contribution in [0.25, 0.3) is 0 Å². The molecule has 0 aliphatic carbocycles. The van der Waals surface area contributed by atoms with E-state index >= 15 is 0 Å². The zero-order valence-electron chi connectivity index (χ0n) is 11.1. The van der Waals surface area contributed by atoms with Gasteiger partial charge in [-0.25, -0.2) is 0 Å². The summed E-state index contributed by atoms with van der Waals surface area (Å²) < 4.78 is 0.990. The molecule has 0 fully saturated rings. The summed E-state index contributed by atoms with van der Waals surface area (Å²) in [6.45, 7) is 1.10. The molecular formula is C12H26N2O2. The van der Waals surface area contributed by atoms with E-state index in [9.17, 15) is 0 Å². The Morgan fingerprint density at radius 3 is 1.69 bits per heavy atom. The normalized spacial score (nSPS) is 8.69. The SMILES string of the molecule is CO.C[N+](C)(C)Cc1ccccc1.C[O-].N. The van der Waals surface area contributed by atoms with Crippen molar-refractivity contribution in [3.8, 4) is 0 Å². The van der Waals surface area contributed by atoms with Gasteiger partial charge in [-0.15, -0.1) is 0 Å². The van der Waals surface area contributed by atoms with Crippen LogP contribution in [-0.4, -0.2) is 45.0 Å². The Morgan fingerprint density at radius 1 is 1.00 bits per heavy atom. The molecule has 0 atom stereocenters. The Bertz CT molecular complexity index is 220. The van der Waals surface area contributed by atoms with Gasteiger partial charge in [0.15, 0.2) is 0 Å². The third kappa shape index (κ3) is 13.1. The van der Waals surface area contributed by atoms with E-state index in [4.69, 9.17) is 10.2 Å². The van der Waals surface area contributed by atoms with Gasteiger partial charge >= 0.3 is 0 Å². The van der Waals surface area contributed by atoms with Crippen molar-refractivity contribution in [2.75, 3.05) is 35.4 Å². The molecule has 0 heterocycles. The predicted molar refractivity (Wildman–Crippen MR) is 67.3 cm³/mol. The van der Waals surface area contributed by atoms with Gasteiger partial charge in [-0.05, 0) is 0 Å². The Labute approximate surface area is 99.3 Å². The van der Waals surface area contributed by atoms with Gasteiger partial charge in [-0.1, -0.05) is 30.3 Å². The number of hydrogen-bond donors (Lipinski definition) is 2. The van der Waals surface area contributed by atoms with Crippen molar-refractivity contribution in [3.63, 3.8) is 0 Å². The molecule has 96 valence electrons. The summed E-state index contributed by atoms with van der Waals surface area (Å²) in [5.41, 5.74) is 1.40. The van der Waals surface area contributed by atoms with Crippen molar-refractivity contribution in [3.05, 3.63) is 35.9 Å². The van der Waals surface area contributed by atoms with Gasteiger partial charge in [0.25, 0.3) is 0 Å². The number of rotatable bonds is 2. The maximum Gasteiger partial charge on any atom is 0.104 e. The highest BCUT2D eigenvalue weighted by molar-refractivity contribution is 5.13. The van der Waals surface area contributed by atoms with E-state index < -0.39 is 0 Å². The molecule has 4 N–H and O–H groups in total. The second-order valence-electron chi connectivity index (χ2n) is 3.93. The van der Waals surface area contributed by atoms with Crippen molar-refractivity contribution >= 4 is 0 Å². The van der Waals surface area contributed by atoms with Gasteiger partial charge in [-0.3, -0.25) is 0 Å². The van der Waals surface area contributed by atoms with Crippen molar-refractivity contribution < 1.29 is 14.7 Å². The maximum atomic E-state index is 8.25. The molecule has 0 aliphatic rings. The fourth-order valence-electron chi connectivity index (χ4n) is 1.13. The van der Waals surface area contributed by atoms with Crippen molar-refractivity contribution in [1.82, 2.24) is 6.15 Å². The van der Waals surface area contributed by atoms with Crippen LogP contribution >= 0.6 is 0 Å². The standard InChI is InChI=1S/C10H16N.CH4O.CH3O.H3N/c1-11(2,3)9-10-7-5-4-6-8-10;2*1-2;/h4-8H,9H2,1-3H3;2H,1H3;1H3;1H3/q+1;;-1;. The first-order chi connectivity index (χ1) is 7.08. The lowest BCUT2D eigenvalue weighted by Gasteiger charge is -2.23. The molecule has 0 saturated carbocycles. The molecule has 0 bridgehead atoms. The summed E-state index contributed by atoms with van der Waals surface area (Å²) in [5, 5.41) is 15.2. The Hall–Kier alpha value is -0.940. The van der Waals surface area contributed by atoms with Crippen LogP contribution in [0.2, 0.25) is 0 Å². The molecule has 16 heavy (non-hydrogen) atoms. The van der Waals surface area contributed by atoms with Crippen molar-refractivity contribution in [2.45, 2.75) is 6.54 Å². The Balaban J connectivity index is -0.000000305. The minimum absolute atomic E-state index is 0. The van der Waals surface area contributed by atoms with Gasteiger partial charge in [0.05, 0.1) is 21.1 Å². The predicted octanol–water partition coefficient (Wildman–Crippen LogP) is 0.640. The summed E-state index contributed by atoms with van der Waals surface area (Å²) in [7, 11) is 8.35. The van der Waals surface area contributed by atoms with Crippen molar-refractivity contribution in [1.29, 1.82) is 0 Å². The molecule has 1 aromatic rings. The molecule has 0 saturated heterocycles. The van der Waals surface area contributed by atoms with E-state index in [0.29, 0.717) is 0 Å². The number of aliphatic hydroxyl groups is 1. The Morgan fingerprint density at radius 2 is 1.38 bits per heavy atom. The van der Waals surface area contributed by atoms with Crippen LogP contribution in [0.3, 0.4) is 0 Å². The average Bonchev–Trinajstić information content (AvgIpc) is 2.23. The van der Waals surface area contributed by atoms with Gasteiger partial charge in [0, 0.05) is 12.7 Å². The van der Waals surface area contributed by atoms with Crippen LogP contribution < -0.4 is 11.3 Å². The van der Waals surface area contributed by atoms with Gasteiger partial charge < -0.3 is 20.8 Å². The molecule has 4 nitrogen and oxygen atoms in total. The summed E-state index contributed by atoms with van der Waals surface area (Å²) in [6, 6.07) is 10.6. The van der Waals surface area contributed by atoms with E-state index in [-0.39, 0.29) is 6.15 Å². The Kier molecular flexibility index (Phi) is 15.5. The first-order valence-corrected chi connectivity index (χ1v) is 4.78. The summed E-state index contributed by atoms with van der Waals surface area (Å²) in [5.74, 6) is 0. The van der Waals surface area contributed by atoms with Gasteiger partial charge in [0.2, 0.25) is 0 Å². The lowest BCUT2D eigenvalue weighted by molar-refractivity contribution is -0.884. The fourth-order valence-corrected chi connectivity index (χ4v) is 1.13. The lowest BCUT2D eigenvalue weighted by Crippen LogP contribution is -2.33. The smallest absolute Gasteiger partial charge is 0.104 e. The molecular weight excluding hydrogens is 204 g/mol. The van der Waals surface area contributed by atoms with E-state index in [1.165, 1.54) is 5.56 Å². The summed E-state index contributed by atoms with van der Waals surface area (Å²) >= 11 is 0.